The average molecular weight is 212 g/mol. The molecule has 1 saturated carbocycles. The van der Waals surface area contributed by atoms with E-state index < -0.39 is 11.5 Å². The van der Waals surface area contributed by atoms with Gasteiger partial charge in [0.25, 0.3) is 0 Å². The Labute approximate surface area is 90.6 Å². The number of carbonyl (C=O) groups is 1. The minimum Gasteiger partial charge on any atom is -0.480 e. The van der Waals surface area contributed by atoms with Gasteiger partial charge in [-0.15, -0.1) is 0 Å². The van der Waals surface area contributed by atoms with Crippen molar-refractivity contribution in [2.75, 3.05) is 26.2 Å². The lowest BCUT2D eigenvalue weighted by Crippen LogP contribution is -2.59. The molecule has 2 unspecified atom stereocenters. The van der Waals surface area contributed by atoms with Crippen LogP contribution < -0.4 is 5.32 Å². The molecule has 4 heteroatoms. The van der Waals surface area contributed by atoms with E-state index in [1.54, 1.807) is 0 Å². The maximum atomic E-state index is 11.5. The second kappa shape index (κ2) is 4.10. The molecule has 86 valence electrons. The molecular formula is C11H20N2O2. The third-order valence-electron chi connectivity index (χ3n) is 3.86. The normalized spacial score (nSPS) is 38.1. The van der Waals surface area contributed by atoms with Crippen molar-refractivity contribution in [2.24, 2.45) is 5.92 Å². The van der Waals surface area contributed by atoms with Gasteiger partial charge in [-0.3, -0.25) is 9.69 Å². The number of carboxylic acid groups (broad SMARTS) is 1. The molecule has 0 bridgehead atoms. The first-order chi connectivity index (χ1) is 7.15. The molecule has 4 nitrogen and oxygen atoms in total. The predicted molar refractivity (Wildman–Crippen MR) is 57.8 cm³/mol. The lowest BCUT2D eigenvalue weighted by atomic mass is 9.93. The number of carboxylic acids is 1. The number of hydrogen-bond donors (Lipinski definition) is 2. The van der Waals surface area contributed by atoms with Crippen LogP contribution in [0.3, 0.4) is 0 Å². The second-order valence-corrected chi connectivity index (χ2v) is 4.92. The Kier molecular flexibility index (Phi) is 2.98. The lowest BCUT2D eigenvalue weighted by Gasteiger charge is -2.40. The smallest absolute Gasteiger partial charge is 0.324 e. The number of rotatable bonds is 2. The van der Waals surface area contributed by atoms with Crippen molar-refractivity contribution < 1.29 is 9.90 Å². The third-order valence-corrected chi connectivity index (χ3v) is 3.86. The molecular weight excluding hydrogens is 192 g/mol. The van der Waals surface area contributed by atoms with Gasteiger partial charge >= 0.3 is 5.97 Å². The SMILES string of the molecule is CC1CCC(C(=O)O)(N2CCNCC2)C1. The lowest BCUT2D eigenvalue weighted by molar-refractivity contribution is -0.152. The van der Waals surface area contributed by atoms with Crippen LogP contribution in [0.15, 0.2) is 0 Å². The molecule has 2 rings (SSSR count). The molecule has 2 aliphatic rings. The van der Waals surface area contributed by atoms with E-state index in [4.69, 9.17) is 0 Å². The van der Waals surface area contributed by atoms with Crippen molar-refractivity contribution in [2.45, 2.75) is 31.7 Å². The molecule has 0 radical (unpaired) electrons. The fourth-order valence-electron chi connectivity index (χ4n) is 2.98. The molecule has 2 N–H and O–H groups in total. The Hall–Kier alpha value is -0.610. The first kappa shape index (κ1) is 10.9. The van der Waals surface area contributed by atoms with Crippen LogP contribution in [0.25, 0.3) is 0 Å². The molecule has 2 atom stereocenters. The summed E-state index contributed by atoms with van der Waals surface area (Å²) in [6.45, 7) is 5.75. The fourth-order valence-corrected chi connectivity index (χ4v) is 2.98. The number of aliphatic carboxylic acids is 1. The zero-order chi connectivity index (χ0) is 10.9. The van der Waals surface area contributed by atoms with Crippen molar-refractivity contribution in [1.29, 1.82) is 0 Å². The summed E-state index contributed by atoms with van der Waals surface area (Å²) >= 11 is 0. The summed E-state index contributed by atoms with van der Waals surface area (Å²) in [7, 11) is 0. The van der Waals surface area contributed by atoms with E-state index in [1.165, 1.54) is 0 Å². The van der Waals surface area contributed by atoms with Crippen molar-refractivity contribution in [3.8, 4) is 0 Å². The maximum absolute atomic E-state index is 11.5. The van der Waals surface area contributed by atoms with Gasteiger partial charge in [0.15, 0.2) is 0 Å². The van der Waals surface area contributed by atoms with Gasteiger partial charge in [-0.05, 0) is 25.2 Å². The summed E-state index contributed by atoms with van der Waals surface area (Å²) in [5.74, 6) is -0.0651. The van der Waals surface area contributed by atoms with E-state index in [0.717, 1.165) is 45.4 Å². The highest BCUT2D eigenvalue weighted by Crippen LogP contribution is 2.39. The average Bonchev–Trinajstić information content (AvgIpc) is 2.63. The maximum Gasteiger partial charge on any atom is 0.324 e. The summed E-state index contributed by atoms with van der Waals surface area (Å²) in [4.78, 5) is 13.7. The van der Waals surface area contributed by atoms with Gasteiger partial charge in [-0.1, -0.05) is 6.92 Å². The zero-order valence-corrected chi connectivity index (χ0v) is 9.33. The van der Waals surface area contributed by atoms with E-state index in [1.807, 2.05) is 0 Å². The standard InChI is InChI=1S/C11H20N2O2/c1-9-2-3-11(8-9,10(14)15)13-6-4-12-5-7-13/h9,12H,2-8H2,1H3,(H,14,15). The van der Waals surface area contributed by atoms with E-state index in [0.29, 0.717) is 5.92 Å². The first-order valence-corrected chi connectivity index (χ1v) is 5.84. The zero-order valence-electron chi connectivity index (χ0n) is 9.33. The Bertz CT molecular complexity index is 251. The summed E-state index contributed by atoms with van der Waals surface area (Å²) in [5.41, 5.74) is -0.554. The molecule has 0 aromatic heterocycles. The Balaban J connectivity index is 2.14. The molecule has 0 spiro atoms. The highest BCUT2D eigenvalue weighted by molar-refractivity contribution is 5.79. The van der Waals surface area contributed by atoms with Crippen LogP contribution in [0.5, 0.6) is 0 Å². The van der Waals surface area contributed by atoms with Crippen LogP contribution in [0, 0.1) is 5.92 Å². The van der Waals surface area contributed by atoms with Crippen molar-refractivity contribution in [3.63, 3.8) is 0 Å². The largest absolute Gasteiger partial charge is 0.480 e. The Morgan fingerprint density at radius 1 is 1.47 bits per heavy atom. The Morgan fingerprint density at radius 3 is 2.60 bits per heavy atom. The summed E-state index contributed by atoms with van der Waals surface area (Å²) in [6.07, 6.45) is 2.70. The Morgan fingerprint density at radius 2 is 2.13 bits per heavy atom. The fraction of sp³-hybridized carbons (Fsp3) is 0.909. The summed E-state index contributed by atoms with van der Waals surface area (Å²) in [6, 6.07) is 0. The van der Waals surface area contributed by atoms with Gasteiger partial charge in [-0.25, -0.2) is 0 Å². The quantitative estimate of drug-likeness (QED) is 0.701. The minimum atomic E-state index is -0.617. The van der Waals surface area contributed by atoms with Crippen molar-refractivity contribution in [1.82, 2.24) is 10.2 Å². The van der Waals surface area contributed by atoms with Crippen LogP contribution in [-0.4, -0.2) is 47.7 Å². The van der Waals surface area contributed by atoms with Crippen molar-refractivity contribution in [3.05, 3.63) is 0 Å². The molecule has 0 aromatic rings. The van der Waals surface area contributed by atoms with Crippen LogP contribution >= 0.6 is 0 Å². The summed E-state index contributed by atoms with van der Waals surface area (Å²) in [5, 5.41) is 12.7. The second-order valence-electron chi connectivity index (χ2n) is 4.92. The molecule has 0 aromatic carbocycles. The predicted octanol–water partition coefficient (Wildman–Crippen LogP) is 0.535. The molecule has 0 amide bonds. The van der Waals surface area contributed by atoms with E-state index >= 15 is 0 Å². The molecule has 2 fully saturated rings. The van der Waals surface area contributed by atoms with Crippen molar-refractivity contribution >= 4 is 5.97 Å². The monoisotopic (exact) mass is 212 g/mol. The first-order valence-electron chi connectivity index (χ1n) is 5.84. The highest BCUT2D eigenvalue weighted by Gasteiger charge is 2.48. The molecule has 1 aliphatic carbocycles. The summed E-state index contributed by atoms with van der Waals surface area (Å²) < 4.78 is 0. The van der Waals surface area contributed by atoms with E-state index in [-0.39, 0.29) is 0 Å². The minimum absolute atomic E-state index is 0.552. The van der Waals surface area contributed by atoms with E-state index in [2.05, 4.69) is 17.1 Å². The van der Waals surface area contributed by atoms with Crippen LogP contribution in [0.1, 0.15) is 26.2 Å². The van der Waals surface area contributed by atoms with Gasteiger partial charge in [0.05, 0.1) is 0 Å². The van der Waals surface area contributed by atoms with Gasteiger partial charge < -0.3 is 10.4 Å². The van der Waals surface area contributed by atoms with Gasteiger partial charge in [0.1, 0.15) is 5.54 Å². The van der Waals surface area contributed by atoms with E-state index in [9.17, 15) is 9.90 Å². The molecule has 15 heavy (non-hydrogen) atoms. The molecule has 1 aliphatic heterocycles. The van der Waals surface area contributed by atoms with Crippen LogP contribution in [0.4, 0.5) is 0 Å². The molecule has 1 heterocycles. The third kappa shape index (κ3) is 1.88. The van der Waals surface area contributed by atoms with Crippen LogP contribution in [-0.2, 0) is 4.79 Å². The van der Waals surface area contributed by atoms with Gasteiger partial charge in [0, 0.05) is 26.2 Å². The highest BCUT2D eigenvalue weighted by atomic mass is 16.4. The number of hydrogen-bond acceptors (Lipinski definition) is 3. The molecule has 1 saturated heterocycles. The number of nitrogens with one attached hydrogen (secondary N) is 1. The topological polar surface area (TPSA) is 52.6 Å². The number of piperazine rings is 1. The van der Waals surface area contributed by atoms with Gasteiger partial charge in [0.2, 0.25) is 0 Å². The number of nitrogens with zero attached hydrogens (tertiary/aromatic N) is 1. The van der Waals surface area contributed by atoms with Crippen LogP contribution in [0.2, 0.25) is 0 Å². The van der Waals surface area contributed by atoms with Gasteiger partial charge in [-0.2, -0.15) is 0 Å².